The average Bonchev–Trinajstić information content (AvgIpc) is 2.75. The summed E-state index contributed by atoms with van der Waals surface area (Å²) < 4.78 is 2.22. The summed E-state index contributed by atoms with van der Waals surface area (Å²) in [6, 6.07) is 9.96. The van der Waals surface area contributed by atoms with Crippen LogP contribution in [0.4, 0.5) is 5.69 Å². The number of imidazole rings is 1. The highest BCUT2D eigenvalue weighted by molar-refractivity contribution is 5.74. The Hall–Kier alpha value is -2.36. The molecule has 0 radical (unpaired) electrons. The highest BCUT2D eigenvalue weighted by Gasteiger charge is 2.09. The average molecular weight is 252 g/mol. The number of rotatable bonds is 3. The van der Waals surface area contributed by atoms with Crippen LogP contribution in [0.3, 0.4) is 0 Å². The monoisotopic (exact) mass is 252 g/mol. The third-order valence-corrected chi connectivity index (χ3v) is 3.26. The van der Waals surface area contributed by atoms with Crippen LogP contribution in [0.5, 0.6) is 0 Å². The van der Waals surface area contributed by atoms with E-state index in [1.54, 1.807) is 6.20 Å². The summed E-state index contributed by atoms with van der Waals surface area (Å²) in [4.78, 5) is 8.80. The number of anilines is 1. The van der Waals surface area contributed by atoms with E-state index in [2.05, 4.69) is 27.5 Å². The first kappa shape index (κ1) is 11.7. The van der Waals surface area contributed by atoms with Crippen molar-refractivity contribution in [1.82, 2.24) is 14.5 Å². The molecule has 0 unspecified atom stereocenters. The minimum absolute atomic E-state index is 0.785. The molecule has 2 N–H and O–H groups in total. The Morgan fingerprint density at radius 3 is 2.95 bits per heavy atom. The van der Waals surface area contributed by atoms with Gasteiger partial charge in [0.25, 0.3) is 0 Å². The Kier molecular flexibility index (Phi) is 2.91. The third kappa shape index (κ3) is 2.17. The lowest BCUT2D eigenvalue weighted by Gasteiger charge is -2.06. The second kappa shape index (κ2) is 4.72. The maximum absolute atomic E-state index is 5.82. The number of nitrogens with zero attached hydrogens (tertiary/aromatic N) is 3. The van der Waals surface area contributed by atoms with Gasteiger partial charge in [-0.2, -0.15) is 0 Å². The lowest BCUT2D eigenvalue weighted by atomic mass is 10.1. The summed E-state index contributed by atoms with van der Waals surface area (Å²) in [7, 11) is 0. The molecule has 19 heavy (non-hydrogen) atoms. The Balaban J connectivity index is 2.05. The number of benzene rings is 1. The molecule has 0 fully saturated rings. The van der Waals surface area contributed by atoms with Gasteiger partial charge in [0, 0.05) is 24.8 Å². The number of nitrogen functional groups attached to an aromatic ring is 1. The molecule has 3 aromatic rings. The summed E-state index contributed by atoms with van der Waals surface area (Å²) in [5, 5.41) is 0. The lowest BCUT2D eigenvalue weighted by molar-refractivity contribution is 0.733. The topological polar surface area (TPSA) is 56.7 Å². The first-order valence-corrected chi connectivity index (χ1v) is 6.41. The summed E-state index contributed by atoms with van der Waals surface area (Å²) in [5.41, 5.74) is 9.87. The number of fused-ring (bicyclic) bond motifs is 1. The first-order chi connectivity index (χ1) is 9.28. The van der Waals surface area contributed by atoms with E-state index in [9.17, 15) is 0 Å². The molecule has 4 nitrogen and oxygen atoms in total. The molecule has 0 saturated heterocycles. The van der Waals surface area contributed by atoms with Crippen LogP contribution in [0.15, 0.2) is 42.7 Å². The number of nitrogens with two attached hydrogens (primary N) is 1. The predicted molar refractivity (Wildman–Crippen MR) is 76.9 cm³/mol. The van der Waals surface area contributed by atoms with Crippen LogP contribution in [0.2, 0.25) is 0 Å². The van der Waals surface area contributed by atoms with Gasteiger partial charge in [0.2, 0.25) is 0 Å². The first-order valence-electron chi connectivity index (χ1n) is 6.41. The SMILES string of the molecule is CCn1c(Cc2cccc(N)c2)nc2cnccc21. The fourth-order valence-electron chi connectivity index (χ4n) is 2.41. The molecule has 0 aliphatic carbocycles. The van der Waals surface area contributed by atoms with Crippen LogP contribution in [0.1, 0.15) is 18.3 Å². The van der Waals surface area contributed by atoms with E-state index >= 15 is 0 Å². The Morgan fingerprint density at radius 1 is 1.26 bits per heavy atom. The molecular formula is C15H16N4. The van der Waals surface area contributed by atoms with Crippen LogP contribution in [0, 0.1) is 0 Å². The van der Waals surface area contributed by atoms with Gasteiger partial charge in [0.15, 0.2) is 0 Å². The highest BCUT2D eigenvalue weighted by atomic mass is 15.1. The minimum atomic E-state index is 0.785. The van der Waals surface area contributed by atoms with Gasteiger partial charge < -0.3 is 10.3 Å². The zero-order chi connectivity index (χ0) is 13.2. The molecule has 0 spiro atoms. The van der Waals surface area contributed by atoms with Gasteiger partial charge in [-0.25, -0.2) is 4.98 Å². The zero-order valence-corrected chi connectivity index (χ0v) is 10.9. The number of hydrogen-bond donors (Lipinski definition) is 1. The summed E-state index contributed by atoms with van der Waals surface area (Å²) in [6.45, 7) is 3.03. The molecule has 1 aromatic carbocycles. The smallest absolute Gasteiger partial charge is 0.114 e. The molecule has 0 atom stereocenters. The Morgan fingerprint density at radius 2 is 2.16 bits per heavy atom. The highest BCUT2D eigenvalue weighted by Crippen LogP contribution is 2.18. The molecule has 3 rings (SSSR count). The van der Waals surface area contributed by atoms with Crippen molar-refractivity contribution in [3.05, 3.63) is 54.1 Å². The second-order valence-corrected chi connectivity index (χ2v) is 4.56. The summed E-state index contributed by atoms with van der Waals surface area (Å²) >= 11 is 0. The minimum Gasteiger partial charge on any atom is -0.399 e. The van der Waals surface area contributed by atoms with Crippen molar-refractivity contribution in [2.75, 3.05) is 5.73 Å². The molecule has 2 aromatic heterocycles. The van der Waals surface area contributed by atoms with Crippen LogP contribution in [-0.2, 0) is 13.0 Å². The van der Waals surface area contributed by atoms with E-state index in [1.807, 2.05) is 30.5 Å². The maximum atomic E-state index is 5.82. The summed E-state index contributed by atoms with van der Waals surface area (Å²) in [5.74, 6) is 1.05. The van der Waals surface area contributed by atoms with Crippen molar-refractivity contribution in [2.45, 2.75) is 19.9 Å². The van der Waals surface area contributed by atoms with Crippen molar-refractivity contribution in [2.24, 2.45) is 0 Å². The van der Waals surface area contributed by atoms with E-state index < -0.39 is 0 Å². The molecule has 0 bridgehead atoms. The van der Waals surface area contributed by atoms with E-state index in [0.29, 0.717) is 0 Å². The van der Waals surface area contributed by atoms with Crippen molar-refractivity contribution < 1.29 is 0 Å². The predicted octanol–water partition coefficient (Wildman–Crippen LogP) is 2.62. The normalized spacial score (nSPS) is 11.0. The van der Waals surface area contributed by atoms with E-state index in [4.69, 9.17) is 5.73 Å². The van der Waals surface area contributed by atoms with E-state index in [0.717, 1.165) is 35.5 Å². The van der Waals surface area contributed by atoms with E-state index in [1.165, 1.54) is 5.56 Å². The quantitative estimate of drug-likeness (QED) is 0.729. The van der Waals surface area contributed by atoms with Gasteiger partial charge in [-0.15, -0.1) is 0 Å². The van der Waals surface area contributed by atoms with Gasteiger partial charge in [0.1, 0.15) is 11.3 Å². The molecule has 0 saturated carbocycles. The van der Waals surface area contributed by atoms with Crippen LogP contribution in [0.25, 0.3) is 11.0 Å². The van der Waals surface area contributed by atoms with Crippen LogP contribution >= 0.6 is 0 Å². The largest absolute Gasteiger partial charge is 0.399 e. The second-order valence-electron chi connectivity index (χ2n) is 4.56. The van der Waals surface area contributed by atoms with Gasteiger partial charge in [-0.05, 0) is 30.7 Å². The molecule has 4 heteroatoms. The number of aromatic nitrogens is 3. The van der Waals surface area contributed by atoms with Crippen LogP contribution in [-0.4, -0.2) is 14.5 Å². The van der Waals surface area contributed by atoms with Gasteiger partial charge in [-0.1, -0.05) is 12.1 Å². The zero-order valence-electron chi connectivity index (χ0n) is 10.9. The maximum Gasteiger partial charge on any atom is 0.114 e. The molecule has 0 aliphatic heterocycles. The van der Waals surface area contributed by atoms with Gasteiger partial charge >= 0.3 is 0 Å². The number of pyridine rings is 1. The summed E-state index contributed by atoms with van der Waals surface area (Å²) in [6.07, 6.45) is 4.40. The lowest BCUT2D eigenvalue weighted by Crippen LogP contribution is -2.03. The molecular weight excluding hydrogens is 236 g/mol. The molecule has 0 amide bonds. The molecule has 2 heterocycles. The van der Waals surface area contributed by atoms with Crippen molar-refractivity contribution in [1.29, 1.82) is 0 Å². The van der Waals surface area contributed by atoms with Gasteiger partial charge in [-0.3, -0.25) is 4.98 Å². The number of aryl methyl sites for hydroxylation is 1. The standard InChI is InChI=1S/C15H16N4/c1-2-19-14-6-7-17-10-13(14)18-15(19)9-11-4-3-5-12(16)8-11/h3-8,10H,2,9,16H2,1H3. The fraction of sp³-hybridized carbons (Fsp3) is 0.200. The van der Waals surface area contributed by atoms with Crippen molar-refractivity contribution in [3.63, 3.8) is 0 Å². The van der Waals surface area contributed by atoms with Crippen LogP contribution < -0.4 is 5.73 Å². The third-order valence-electron chi connectivity index (χ3n) is 3.26. The Bertz CT molecular complexity index is 715. The number of hydrogen-bond acceptors (Lipinski definition) is 3. The van der Waals surface area contributed by atoms with E-state index in [-0.39, 0.29) is 0 Å². The fourth-order valence-corrected chi connectivity index (χ4v) is 2.41. The molecule has 96 valence electrons. The molecule has 0 aliphatic rings. The van der Waals surface area contributed by atoms with Crippen molar-refractivity contribution in [3.8, 4) is 0 Å². The van der Waals surface area contributed by atoms with Crippen molar-refractivity contribution >= 4 is 16.7 Å². The van der Waals surface area contributed by atoms with Gasteiger partial charge in [0.05, 0.1) is 11.7 Å². The Labute approximate surface area is 111 Å².